The van der Waals surface area contributed by atoms with E-state index in [0.29, 0.717) is 5.56 Å². The summed E-state index contributed by atoms with van der Waals surface area (Å²) < 4.78 is 0. The Labute approximate surface area is 86.5 Å². The SMILES string of the molecule is C=C(Cc1cccc(C(=O)O)c1)C(=O)O. The molecule has 4 nitrogen and oxygen atoms in total. The van der Waals surface area contributed by atoms with Crippen LogP contribution in [0.15, 0.2) is 36.4 Å². The van der Waals surface area contributed by atoms with Crippen LogP contribution in [0.25, 0.3) is 0 Å². The Hall–Kier alpha value is -2.10. The normalized spacial score (nSPS) is 9.60. The molecule has 0 aliphatic heterocycles. The summed E-state index contributed by atoms with van der Waals surface area (Å²) in [6.45, 7) is 3.38. The molecule has 2 N–H and O–H groups in total. The maximum Gasteiger partial charge on any atom is 0.335 e. The van der Waals surface area contributed by atoms with E-state index < -0.39 is 11.9 Å². The third-order valence-corrected chi connectivity index (χ3v) is 1.89. The van der Waals surface area contributed by atoms with Crippen molar-refractivity contribution in [3.05, 3.63) is 47.5 Å². The van der Waals surface area contributed by atoms with E-state index in [-0.39, 0.29) is 17.6 Å². The predicted molar refractivity (Wildman–Crippen MR) is 53.9 cm³/mol. The van der Waals surface area contributed by atoms with E-state index in [4.69, 9.17) is 10.2 Å². The second kappa shape index (κ2) is 4.41. The van der Waals surface area contributed by atoms with Gasteiger partial charge in [0, 0.05) is 12.0 Å². The summed E-state index contributed by atoms with van der Waals surface area (Å²) in [5, 5.41) is 17.3. The van der Waals surface area contributed by atoms with Crippen LogP contribution in [0, 0.1) is 0 Å². The van der Waals surface area contributed by atoms with E-state index in [1.807, 2.05) is 0 Å². The van der Waals surface area contributed by atoms with Gasteiger partial charge >= 0.3 is 11.9 Å². The summed E-state index contributed by atoms with van der Waals surface area (Å²) in [5.41, 5.74) is 0.811. The average molecular weight is 206 g/mol. The minimum absolute atomic E-state index is 0.0394. The van der Waals surface area contributed by atoms with Crippen LogP contribution < -0.4 is 0 Å². The van der Waals surface area contributed by atoms with Gasteiger partial charge in [-0.1, -0.05) is 18.7 Å². The molecular weight excluding hydrogens is 196 g/mol. The summed E-state index contributed by atoms with van der Waals surface area (Å²) >= 11 is 0. The quantitative estimate of drug-likeness (QED) is 0.733. The largest absolute Gasteiger partial charge is 0.478 e. The molecule has 0 saturated heterocycles. The molecule has 0 saturated carbocycles. The van der Waals surface area contributed by atoms with Crippen LogP contribution in [0.2, 0.25) is 0 Å². The summed E-state index contributed by atoms with van der Waals surface area (Å²) in [6.07, 6.45) is 0.149. The minimum atomic E-state index is -1.07. The molecule has 0 amide bonds. The van der Waals surface area contributed by atoms with Gasteiger partial charge in [-0.05, 0) is 17.7 Å². The van der Waals surface area contributed by atoms with Gasteiger partial charge in [-0.2, -0.15) is 0 Å². The highest BCUT2D eigenvalue weighted by Gasteiger charge is 2.07. The van der Waals surface area contributed by atoms with Crippen molar-refractivity contribution in [2.75, 3.05) is 0 Å². The molecule has 0 fully saturated rings. The molecule has 0 spiro atoms. The van der Waals surface area contributed by atoms with Gasteiger partial charge in [0.05, 0.1) is 5.56 Å². The minimum Gasteiger partial charge on any atom is -0.478 e. The van der Waals surface area contributed by atoms with Gasteiger partial charge in [0.15, 0.2) is 0 Å². The zero-order valence-corrected chi connectivity index (χ0v) is 7.93. The second-order valence-corrected chi connectivity index (χ2v) is 3.09. The van der Waals surface area contributed by atoms with Crippen molar-refractivity contribution >= 4 is 11.9 Å². The van der Waals surface area contributed by atoms with Crippen LogP contribution in [0.1, 0.15) is 15.9 Å². The Bertz CT molecular complexity index is 420. The average Bonchev–Trinajstić information content (AvgIpc) is 2.18. The Morgan fingerprint density at radius 3 is 2.47 bits per heavy atom. The molecule has 0 aliphatic carbocycles. The van der Waals surface area contributed by atoms with E-state index in [2.05, 4.69) is 6.58 Å². The van der Waals surface area contributed by atoms with Crippen molar-refractivity contribution < 1.29 is 19.8 Å². The molecule has 0 aromatic heterocycles. The molecule has 15 heavy (non-hydrogen) atoms. The maximum absolute atomic E-state index is 10.6. The van der Waals surface area contributed by atoms with E-state index >= 15 is 0 Å². The summed E-state index contributed by atoms with van der Waals surface area (Å²) in [6, 6.07) is 6.14. The molecule has 0 aliphatic rings. The number of carboxylic acid groups (broad SMARTS) is 2. The summed E-state index contributed by atoms with van der Waals surface area (Å²) in [7, 11) is 0. The second-order valence-electron chi connectivity index (χ2n) is 3.09. The molecule has 0 radical (unpaired) electrons. The lowest BCUT2D eigenvalue weighted by molar-refractivity contribution is -0.132. The number of carboxylic acids is 2. The molecule has 1 aromatic carbocycles. The van der Waals surface area contributed by atoms with Gasteiger partial charge < -0.3 is 10.2 Å². The molecule has 1 aromatic rings. The van der Waals surface area contributed by atoms with Crippen LogP contribution >= 0.6 is 0 Å². The monoisotopic (exact) mass is 206 g/mol. The fourth-order valence-corrected chi connectivity index (χ4v) is 1.14. The van der Waals surface area contributed by atoms with E-state index in [1.165, 1.54) is 12.1 Å². The highest BCUT2D eigenvalue weighted by Crippen LogP contribution is 2.09. The van der Waals surface area contributed by atoms with Crippen LogP contribution in [-0.2, 0) is 11.2 Å². The third-order valence-electron chi connectivity index (χ3n) is 1.89. The van der Waals surface area contributed by atoms with Gasteiger partial charge in [0.25, 0.3) is 0 Å². The molecule has 4 heteroatoms. The van der Waals surface area contributed by atoms with Crippen molar-refractivity contribution in [2.45, 2.75) is 6.42 Å². The van der Waals surface area contributed by atoms with Crippen molar-refractivity contribution in [1.82, 2.24) is 0 Å². The summed E-state index contributed by atoms with van der Waals surface area (Å²) in [4.78, 5) is 21.1. The number of rotatable bonds is 4. The highest BCUT2D eigenvalue weighted by molar-refractivity contribution is 5.88. The molecule has 0 unspecified atom stereocenters. The van der Waals surface area contributed by atoms with E-state index in [1.54, 1.807) is 12.1 Å². The maximum atomic E-state index is 10.6. The number of hydrogen-bond acceptors (Lipinski definition) is 2. The van der Waals surface area contributed by atoms with E-state index in [0.717, 1.165) is 0 Å². The number of hydrogen-bond donors (Lipinski definition) is 2. The zero-order chi connectivity index (χ0) is 11.4. The van der Waals surface area contributed by atoms with Crippen molar-refractivity contribution in [2.24, 2.45) is 0 Å². The van der Waals surface area contributed by atoms with Crippen LogP contribution in [-0.4, -0.2) is 22.2 Å². The standard InChI is InChI=1S/C11H10O4/c1-7(10(12)13)5-8-3-2-4-9(6-8)11(14)15/h2-4,6H,1,5H2,(H,12,13)(H,14,15). The Kier molecular flexibility index (Phi) is 3.23. The molecule has 0 heterocycles. The van der Waals surface area contributed by atoms with Gasteiger partial charge in [-0.25, -0.2) is 9.59 Å². The Morgan fingerprint density at radius 2 is 1.93 bits per heavy atom. The predicted octanol–water partition coefficient (Wildman–Crippen LogP) is 1.57. The molecular formula is C11H10O4. The van der Waals surface area contributed by atoms with Crippen LogP contribution in [0.3, 0.4) is 0 Å². The third kappa shape index (κ3) is 2.95. The first-order valence-corrected chi connectivity index (χ1v) is 4.24. The van der Waals surface area contributed by atoms with Gasteiger partial charge in [0.2, 0.25) is 0 Å². The lowest BCUT2D eigenvalue weighted by atomic mass is 10.0. The highest BCUT2D eigenvalue weighted by atomic mass is 16.4. The van der Waals surface area contributed by atoms with E-state index in [9.17, 15) is 9.59 Å². The summed E-state index contributed by atoms with van der Waals surface area (Å²) in [5.74, 6) is -2.10. The number of aliphatic carboxylic acids is 1. The molecule has 0 atom stereocenters. The first kappa shape index (κ1) is 11.0. The van der Waals surface area contributed by atoms with Crippen LogP contribution in [0.4, 0.5) is 0 Å². The first-order valence-electron chi connectivity index (χ1n) is 4.24. The van der Waals surface area contributed by atoms with Crippen molar-refractivity contribution in [3.63, 3.8) is 0 Å². The number of carbonyl (C=O) groups is 2. The van der Waals surface area contributed by atoms with Crippen molar-refractivity contribution in [3.8, 4) is 0 Å². The Morgan fingerprint density at radius 1 is 1.27 bits per heavy atom. The Balaban J connectivity index is 2.87. The van der Waals surface area contributed by atoms with Crippen LogP contribution in [0.5, 0.6) is 0 Å². The van der Waals surface area contributed by atoms with Gasteiger partial charge in [-0.3, -0.25) is 0 Å². The number of aromatic carboxylic acids is 1. The fraction of sp³-hybridized carbons (Fsp3) is 0.0909. The molecule has 78 valence electrons. The van der Waals surface area contributed by atoms with Crippen molar-refractivity contribution in [1.29, 1.82) is 0 Å². The molecule has 1 rings (SSSR count). The smallest absolute Gasteiger partial charge is 0.335 e. The lowest BCUT2D eigenvalue weighted by Gasteiger charge is -2.02. The topological polar surface area (TPSA) is 74.6 Å². The zero-order valence-electron chi connectivity index (χ0n) is 7.93. The van der Waals surface area contributed by atoms with Gasteiger partial charge in [0.1, 0.15) is 0 Å². The lowest BCUT2D eigenvalue weighted by Crippen LogP contribution is -2.03. The first-order chi connectivity index (χ1) is 7.00. The number of benzene rings is 1. The fourth-order valence-electron chi connectivity index (χ4n) is 1.14. The van der Waals surface area contributed by atoms with Gasteiger partial charge in [-0.15, -0.1) is 0 Å². The molecule has 0 bridgehead atoms.